The van der Waals surface area contributed by atoms with E-state index < -0.39 is 5.82 Å². The maximum atomic E-state index is 13.5. The quantitative estimate of drug-likeness (QED) is 0.740. The van der Waals surface area contributed by atoms with E-state index in [2.05, 4.69) is 17.6 Å². The Bertz CT molecular complexity index is 498. The molecule has 0 fully saturated rings. The molecule has 74 valence electrons. The van der Waals surface area contributed by atoms with E-state index in [1.165, 1.54) is 19.2 Å². The standard InChI is InChI=1S/C8H6F2N2OS/c1-13-5-3-2-4-7(6(5)9)11-8(14)12(4)10/h2-3H,1H3,(H,11,14). The Balaban J connectivity index is 2.83. The lowest BCUT2D eigenvalue weighted by Crippen LogP contribution is -1.89. The fourth-order valence-corrected chi connectivity index (χ4v) is 1.42. The summed E-state index contributed by atoms with van der Waals surface area (Å²) >= 11 is 3.74. The number of aromatic nitrogens is 2. The van der Waals surface area contributed by atoms with E-state index in [-0.39, 0.29) is 26.7 Å². The topological polar surface area (TPSA) is 27.1 Å². The number of thiol groups is 1. The summed E-state index contributed by atoms with van der Waals surface area (Å²) in [5.74, 6) is -0.652. The van der Waals surface area contributed by atoms with E-state index in [0.717, 1.165) is 0 Å². The molecule has 0 unspecified atom stereocenters. The van der Waals surface area contributed by atoms with Crippen molar-refractivity contribution < 1.29 is 13.6 Å². The molecule has 2 rings (SSSR count). The molecule has 0 atom stereocenters. The zero-order chi connectivity index (χ0) is 10.3. The van der Waals surface area contributed by atoms with Crippen LogP contribution in [0.4, 0.5) is 8.87 Å². The minimum absolute atomic E-state index is 0.0314. The molecule has 0 saturated heterocycles. The fourth-order valence-electron chi connectivity index (χ4n) is 1.21. The molecule has 0 aliphatic rings. The Labute approximate surface area is 83.7 Å². The Morgan fingerprint density at radius 2 is 2.21 bits per heavy atom. The fraction of sp³-hybridized carbons (Fsp3) is 0.125. The minimum atomic E-state index is -0.684. The molecule has 0 aliphatic carbocycles. The molecule has 0 spiro atoms. The molecular weight excluding hydrogens is 210 g/mol. The van der Waals surface area contributed by atoms with Crippen LogP contribution in [0.3, 0.4) is 0 Å². The van der Waals surface area contributed by atoms with Crippen molar-refractivity contribution in [3.63, 3.8) is 0 Å². The van der Waals surface area contributed by atoms with Crippen molar-refractivity contribution in [2.75, 3.05) is 7.11 Å². The van der Waals surface area contributed by atoms with Crippen molar-refractivity contribution in [1.82, 2.24) is 9.77 Å². The van der Waals surface area contributed by atoms with Crippen LogP contribution in [0.5, 0.6) is 5.75 Å². The van der Waals surface area contributed by atoms with Gasteiger partial charge in [0.05, 0.1) is 7.11 Å². The molecule has 6 heteroatoms. The minimum Gasteiger partial charge on any atom is -0.494 e. The van der Waals surface area contributed by atoms with Gasteiger partial charge in [0.2, 0.25) is 0 Å². The molecule has 2 aromatic rings. The van der Waals surface area contributed by atoms with Crippen molar-refractivity contribution >= 4 is 23.7 Å². The van der Waals surface area contributed by atoms with Crippen LogP contribution >= 0.6 is 12.6 Å². The second kappa shape index (κ2) is 3.13. The maximum Gasteiger partial charge on any atom is 0.195 e. The van der Waals surface area contributed by atoms with Gasteiger partial charge in [-0.15, -0.1) is 12.6 Å². The predicted octanol–water partition coefficient (Wildman–Crippen LogP) is 2.21. The number of hydrogen-bond acceptors (Lipinski definition) is 3. The number of benzene rings is 1. The van der Waals surface area contributed by atoms with Crippen LogP contribution < -0.4 is 4.74 Å². The summed E-state index contributed by atoms with van der Waals surface area (Å²) in [6.45, 7) is 0. The molecule has 1 aromatic heterocycles. The highest BCUT2D eigenvalue weighted by atomic mass is 32.1. The monoisotopic (exact) mass is 216 g/mol. The van der Waals surface area contributed by atoms with Crippen molar-refractivity contribution in [3.8, 4) is 5.75 Å². The number of hydrogen-bond donors (Lipinski definition) is 1. The predicted molar refractivity (Wildman–Crippen MR) is 50.0 cm³/mol. The molecule has 1 heterocycles. The Morgan fingerprint density at radius 1 is 1.50 bits per heavy atom. The SMILES string of the molecule is COc1ccc2c(nc(S)n2F)c1F. The number of ether oxygens (including phenoxy) is 1. The molecule has 0 amide bonds. The first-order chi connectivity index (χ1) is 6.65. The van der Waals surface area contributed by atoms with Crippen LogP contribution in [0, 0.1) is 5.82 Å². The second-order valence-corrected chi connectivity index (χ2v) is 3.04. The normalized spacial score (nSPS) is 10.9. The van der Waals surface area contributed by atoms with Gasteiger partial charge in [0.15, 0.2) is 16.7 Å². The van der Waals surface area contributed by atoms with Gasteiger partial charge in [-0.1, -0.05) is 4.48 Å². The first-order valence-corrected chi connectivity index (χ1v) is 4.20. The van der Waals surface area contributed by atoms with Crippen LogP contribution in [-0.2, 0) is 0 Å². The molecular formula is C8H6F2N2OS. The van der Waals surface area contributed by atoms with Crippen molar-refractivity contribution in [2.45, 2.75) is 5.16 Å². The number of methoxy groups -OCH3 is 1. The Hall–Kier alpha value is -1.30. The summed E-state index contributed by atoms with van der Waals surface area (Å²) in [6.07, 6.45) is 0. The number of rotatable bonds is 1. The van der Waals surface area contributed by atoms with Crippen LogP contribution in [0.25, 0.3) is 11.0 Å². The first-order valence-electron chi connectivity index (χ1n) is 3.75. The lowest BCUT2D eigenvalue weighted by Gasteiger charge is -2.00. The van der Waals surface area contributed by atoms with E-state index in [9.17, 15) is 8.87 Å². The summed E-state index contributed by atoms with van der Waals surface area (Å²) < 4.78 is 31.3. The summed E-state index contributed by atoms with van der Waals surface area (Å²) in [5.41, 5.74) is -0.0508. The van der Waals surface area contributed by atoms with Gasteiger partial charge in [-0.25, -0.2) is 9.37 Å². The average Bonchev–Trinajstić information content (AvgIpc) is 2.46. The highest BCUT2D eigenvalue weighted by molar-refractivity contribution is 7.80. The van der Waals surface area contributed by atoms with Gasteiger partial charge in [-0.05, 0) is 12.1 Å². The highest BCUT2D eigenvalue weighted by Crippen LogP contribution is 2.27. The number of nitrogens with zero attached hydrogens (tertiary/aromatic N) is 2. The second-order valence-electron chi connectivity index (χ2n) is 2.64. The highest BCUT2D eigenvalue weighted by Gasteiger charge is 2.15. The van der Waals surface area contributed by atoms with Gasteiger partial charge >= 0.3 is 0 Å². The van der Waals surface area contributed by atoms with Gasteiger partial charge in [0.25, 0.3) is 0 Å². The zero-order valence-electron chi connectivity index (χ0n) is 7.16. The zero-order valence-corrected chi connectivity index (χ0v) is 8.05. The molecule has 1 aromatic carbocycles. The van der Waals surface area contributed by atoms with Crippen LogP contribution in [0.2, 0.25) is 0 Å². The summed E-state index contributed by atoms with van der Waals surface area (Å²) in [6, 6.07) is 2.71. The summed E-state index contributed by atoms with van der Waals surface area (Å²) in [7, 11) is 1.33. The van der Waals surface area contributed by atoms with Crippen LogP contribution in [0.1, 0.15) is 0 Å². The van der Waals surface area contributed by atoms with E-state index in [1.54, 1.807) is 0 Å². The van der Waals surface area contributed by atoms with Gasteiger partial charge in [0.1, 0.15) is 11.0 Å². The first kappa shape index (κ1) is 9.26. The Kier molecular flexibility index (Phi) is 2.07. The number of imidazole rings is 1. The number of fused-ring (bicyclic) bond motifs is 1. The summed E-state index contributed by atoms with van der Waals surface area (Å²) in [5, 5.41) is -0.188. The van der Waals surface area contributed by atoms with E-state index >= 15 is 0 Å². The van der Waals surface area contributed by atoms with E-state index in [4.69, 9.17) is 4.74 Å². The van der Waals surface area contributed by atoms with Gasteiger partial charge in [-0.2, -0.15) is 4.79 Å². The third-order valence-electron chi connectivity index (χ3n) is 1.88. The lowest BCUT2D eigenvalue weighted by atomic mass is 10.3. The third-order valence-corrected chi connectivity index (χ3v) is 2.15. The molecule has 0 saturated carbocycles. The third kappa shape index (κ3) is 1.14. The average molecular weight is 216 g/mol. The molecule has 0 radical (unpaired) electrons. The Morgan fingerprint density at radius 3 is 2.86 bits per heavy atom. The smallest absolute Gasteiger partial charge is 0.195 e. The molecule has 0 N–H and O–H groups in total. The largest absolute Gasteiger partial charge is 0.494 e. The van der Waals surface area contributed by atoms with Gasteiger partial charge in [0, 0.05) is 0 Å². The number of halogens is 2. The van der Waals surface area contributed by atoms with Gasteiger partial charge < -0.3 is 4.74 Å². The molecule has 3 nitrogen and oxygen atoms in total. The summed E-state index contributed by atoms with van der Waals surface area (Å²) in [4.78, 5) is 3.83. The molecule has 14 heavy (non-hydrogen) atoms. The molecule has 0 bridgehead atoms. The van der Waals surface area contributed by atoms with E-state index in [1.807, 2.05) is 0 Å². The maximum absolute atomic E-state index is 13.5. The van der Waals surface area contributed by atoms with E-state index in [0.29, 0.717) is 0 Å². The van der Waals surface area contributed by atoms with Crippen molar-refractivity contribution in [3.05, 3.63) is 17.9 Å². The van der Waals surface area contributed by atoms with Crippen molar-refractivity contribution in [1.29, 1.82) is 0 Å². The van der Waals surface area contributed by atoms with Crippen molar-refractivity contribution in [2.24, 2.45) is 0 Å². The van der Waals surface area contributed by atoms with Crippen LogP contribution in [0.15, 0.2) is 17.3 Å². The molecule has 0 aliphatic heterocycles. The van der Waals surface area contributed by atoms with Crippen LogP contribution in [-0.4, -0.2) is 16.9 Å². The van der Waals surface area contributed by atoms with Gasteiger partial charge in [-0.3, -0.25) is 0 Å². The lowest BCUT2D eigenvalue weighted by molar-refractivity contribution is 0.347.